The molecule has 7 heteroatoms. The van der Waals surface area contributed by atoms with Crippen molar-refractivity contribution in [2.24, 2.45) is 0 Å². The molecule has 0 aliphatic carbocycles. The van der Waals surface area contributed by atoms with Gasteiger partial charge in [-0.1, -0.05) is 30.3 Å². The van der Waals surface area contributed by atoms with Gasteiger partial charge in [0.25, 0.3) is 0 Å². The number of hydrogen-bond donors (Lipinski definition) is 2. The zero-order valence-electron chi connectivity index (χ0n) is 18.4. The average molecular weight is 464 g/mol. The van der Waals surface area contributed by atoms with E-state index in [0.29, 0.717) is 24.7 Å². The fourth-order valence-electron chi connectivity index (χ4n) is 3.69. The largest absolute Gasteiger partial charge is 0.489 e. The molecule has 1 fully saturated rings. The Balaban J connectivity index is 1.27. The van der Waals surface area contributed by atoms with Crippen molar-refractivity contribution < 1.29 is 13.9 Å². The molecular weight excluding hydrogens is 437 g/mol. The second kappa shape index (κ2) is 10.4. The Morgan fingerprint density at radius 3 is 2.48 bits per heavy atom. The van der Waals surface area contributed by atoms with Crippen LogP contribution in [0.1, 0.15) is 29.5 Å². The Labute approximate surface area is 198 Å². The highest BCUT2D eigenvalue weighted by Crippen LogP contribution is 2.28. The Kier molecular flexibility index (Phi) is 7.19. The number of ether oxygens (including phenoxy) is 1. The van der Waals surface area contributed by atoms with Crippen molar-refractivity contribution in [2.75, 3.05) is 16.8 Å². The maximum absolute atomic E-state index is 13.0. The second-order valence-electron chi connectivity index (χ2n) is 8.02. The number of thiocarbonyl (C=S) groups is 1. The summed E-state index contributed by atoms with van der Waals surface area (Å²) in [4.78, 5) is 14.0. The number of halogens is 1. The smallest absolute Gasteiger partial charge is 0.227 e. The number of hydrogen-bond acceptors (Lipinski definition) is 3. The first-order chi connectivity index (χ1) is 16.0. The first kappa shape index (κ1) is 22.7. The minimum absolute atomic E-state index is 0.168. The Morgan fingerprint density at radius 1 is 1.06 bits per heavy atom. The van der Waals surface area contributed by atoms with Crippen molar-refractivity contribution in [3.8, 4) is 5.75 Å². The molecule has 1 aliphatic rings. The average Bonchev–Trinajstić information content (AvgIpc) is 3.25. The van der Waals surface area contributed by atoms with Gasteiger partial charge >= 0.3 is 0 Å². The van der Waals surface area contributed by atoms with Gasteiger partial charge in [-0.25, -0.2) is 4.39 Å². The molecule has 0 bridgehead atoms. The zero-order valence-corrected chi connectivity index (χ0v) is 19.3. The fourth-order valence-corrected chi connectivity index (χ4v) is 3.88. The molecule has 33 heavy (non-hydrogen) atoms. The summed E-state index contributed by atoms with van der Waals surface area (Å²) in [6.45, 7) is 3.71. The third-order valence-corrected chi connectivity index (χ3v) is 5.77. The lowest BCUT2D eigenvalue weighted by atomic mass is 10.1. The van der Waals surface area contributed by atoms with Gasteiger partial charge in [-0.15, -0.1) is 0 Å². The number of aryl methyl sites for hydroxylation is 1. The topological polar surface area (TPSA) is 53.6 Å². The predicted molar refractivity (Wildman–Crippen MR) is 133 cm³/mol. The van der Waals surface area contributed by atoms with Crippen LogP contribution in [-0.2, 0) is 17.9 Å². The van der Waals surface area contributed by atoms with Crippen LogP contribution in [0.3, 0.4) is 0 Å². The molecule has 170 valence electrons. The Hall–Kier alpha value is -3.45. The summed E-state index contributed by atoms with van der Waals surface area (Å²) in [6, 6.07) is 19.9. The number of anilines is 2. The lowest BCUT2D eigenvalue weighted by molar-refractivity contribution is -0.117. The van der Waals surface area contributed by atoms with Crippen LogP contribution >= 0.6 is 12.2 Å². The van der Waals surface area contributed by atoms with Crippen molar-refractivity contribution in [2.45, 2.75) is 32.9 Å². The molecule has 4 rings (SSSR count). The van der Waals surface area contributed by atoms with Gasteiger partial charge in [-0.05, 0) is 78.7 Å². The van der Waals surface area contributed by atoms with Gasteiger partial charge in [0.2, 0.25) is 5.91 Å². The van der Waals surface area contributed by atoms with E-state index in [0.717, 1.165) is 46.8 Å². The maximum Gasteiger partial charge on any atom is 0.227 e. The van der Waals surface area contributed by atoms with Crippen LogP contribution < -0.4 is 20.3 Å². The molecule has 5 nitrogen and oxygen atoms in total. The van der Waals surface area contributed by atoms with Gasteiger partial charge in [0, 0.05) is 30.9 Å². The summed E-state index contributed by atoms with van der Waals surface area (Å²) in [6.07, 6.45) is 1.50. The van der Waals surface area contributed by atoms with Crippen molar-refractivity contribution >= 4 is 34.6 Å². The lowest BCUT2D eigenvalue weighted by Crippen LogP contribution is -2.28. The fraction of sp³-hybridized carbons (Fsp3) is 0.231. The number of carbonyl (C=O) groups excluding carboxylic acids is 1. The monoisotopic (exact) mass is 463 g/mol. The van der Waals surface area contributed by atoms with E-state index in [1.54, 1.807) is 12.1 Å². The van der Waals surface area contributed by atoms with Crippen LogP contribution in [0.4, 0.5) is 15.8 Å². The zero-order chi connectivity index (χ0) is 23.2. The van der Waals surface area contributed by atoms with E-state index >= 15 is 0 Å². The highest BCUT2D eigenvalue weighted by molar-refractivity contribution is 7.80. The number of rotatable bonds is 7. The molecule has 0 radical (unpaired) electrons. The summed E-state index contributed by atoms with van der Waals surface area (Å²) in [5.41, 5.74) is 4.81. The maximum atomic E-state index is 13.0. The molecule has 0 unspecified atom stereocenters. The summed E-state index contributed by atoms with van der Waals surface area (Å²) >= 11 is 5.45. The van der Waals surface area contributed by atoms with Gasteiger partial charge in [0.15, 0.2) is 5.11 Å². The number of carbonyl (C=O) groups is 1. The third-order valence-electron chi connectivity index (χ3n) is 5.53. The van der Waals surface area contributed by atoms with Crippen LogP contribution in [-0.4, -0.2) is 17.6 Å². The van der Waals surface area contributed by atoms with E-state index in [-0.39, 0.29) is 11.7 Å². The van der Waals surface area contributed by atoms with Crippen LogP contribution in [0.5, 0.6) is 5.75 Å². The normalized spacial score (nSPS) is 13.2. The van der Waals surface area contributed by atoms with E-state index in [1.807, 2.05) is 54.3 Å². The minimum Gasteiger partial charge on any atom is -0.489 e. The molecule has 1 saturated heterocycles. The lowest BCUT2D eigenvalue weighted by Gasteiger charge is -2.20. The van der Waals surface area contributed by atoms with Gasteiger partial charge in [0.05, 0.1) is 0 Å². The van der Waals surface area contributed by atoms with E-state index in [9.17, 15) is 9.18 Å². The predicted octanol–water partition coefficient (Wildman–Crippen LogP) is 5.33. The van der Waals surface area contributed by atoms with Crippen LogP contribution in [0.25, 0.3) is 0 Å². The highest BCUT2D eigenvalue weighted by atomic mass is 32.1. The van der Waals surface area contributed by atoms with Crippen molar-refractivity contribution in [3.63, 3.8) is 0 Å². The molecule has 1 heterocycles. The highest BCUT2D eigenvalue weighted by Gasteiger charge is 2.23. The summed E-state index contributed by atoms with van der Waals surface area (Å²) < 4.78 is 18.7. The van der Waals surface area contributed by atoms with Crippen molar-refractivity contribution in [1.82, 2.24) is 5.32 Å². The first-order valence-electron chi connectivity index (χ1n) is 10.9. The summed E-state index contributed by atoms with van der Waals surface area (Å²) in [7, 11) is 0. The molecular formula is C26H26FN3O2S. The van der Waals surface area contributed by atoms with E-state index in [2.05, 4.69) is 10.6 Å². The van der Waals surface area contributed by atoms with E-state index in [1.165, 1.54) is 12.1 Å². The molecule has 1 amide bonds. The van der Waals surface area contributed by atoms with Crippen LogP contribution in [0.15, 0.2) is 66.7 Å². The van der Waals surface area contributed by atoms with Gasteiger partial charge < -0.3 is 20.3 Å². The van der Waals surface area contributed by atoms with Gasteiger partial charge in [-0.3, -0.25) is 4.79 Å². The van der Waals surface area contributed by atoms with Gasteiger partial charge in [-0.2, -0.15) is 0 Å². The molecule has 0 spiro atoms. The summed E-state index contributed by atoms with van der Waals surface area (Å²) in [5.74, 6) is 0.654. The quantitative estimate of drug-likeness (QED) is 0.464. The minimum atomic E-state index is -0.257. The molecule has 0 saturated carbocycles. The van der Waals surface area contributed by atoms with Crippen molar-refractivity contribution in [1.29, 1.82) is 0 Å². The third kappa shape index (κ3) is 6.08. The Bertz CT molecular complexity index is 1130. The molecule has 3 aromatic carbocycles. The van der Waals surface area contributed by atoms with Crippen LogP contribution in [0.2, 0.25) is 0 Å². The molecule has 3 aromatic rings. The number of benzene rings is 3. The van der Waals surface area contributed by atoms with Crippen LogP contribution in [0, 0.1) is 12.7 Å². The molecule has 1 aliphatic heterocycles. The van der Waals surface area contributed by atoms with Crippen molar-refractivity contribution in [3.05, 3.63) is 89.2 Å². The number of nitrogens with zero attached hydrogens (tertiary/aromatic N) is 1. The van der Waals surface area contributed by atoms with Gasteiger partial charge in [0.1, 0.15) is 18.2 Å². The standard InChI is InChI=1S/C26H26FN3O2S/c1-18-4-11-22(15-24(18)30-14-2-3-25(30)31)29-26(33)28-16-19-7-12-23(13-8-19)32-17-20-5-9-21(27)10-6-20/h4-13,15H,2-3,14,16-17H2,1H3,(H2,28,29,33). The first-order valence-corrected chi connectivity index (χ1v) is 11.3. The Morgan fingerprint density at radius 2 is 1.79 bits per heavy atom. The second-order valence-corrected chi connectivity index (χ2v) is 8.43. The molecule has 2 N–H and O–H groups in total. The number of nitrogens with one attached hydrogen (secondary N) is 2. The summed E-state index contributed by atoms with van der Waals surface area (Å²) in [5, 5.41) is 6.92. The molecule has 0 aromatic heterocycles. The van der Waals surface area contributed by atoms with E-state index < -0.39 is 0 Å². The SMILES string of the molecule is Cc1ccc(NC(=S)NCc2ccc(OCc3ccc(F)cc3)cc2)cc1N1CCCC1=O. The molecule has 0 atom stereocenters. The number of amides is 1. The van der Waals surface area contributed by atoms with E-state index in [4.69, 9.17) is 17.0 Å².